The zero-order valence-electron chi connectivity index (χ0n) is 14.5. The van der Waals surface area contributed by atoms with Crippen LogP contribution in [0.2, 0.25) is 0 Å². The van der Waals surface area contributed by atoms with E-state index < -0.39 is 0 Å². The predicted molar refractivity (Wildman–Crippen MR) is 108 cm³/mol. The van der Waals surface area contributed by atoms with E-state index in [0.717, 1.165) is 45.5 Å². The van der Waals surface area contributed by atoms with Crippen LogP contribution in [0.1, 0.15) is 32.6 Å². The van der Waals surface area contributed by atoms with Gasteiger partial charge in [0.2, 0.25) is 0 Å². The maximum Gasteiger partial charge on any atom is 0.162 e. The lowest BCUT2D eigenvalue weighted by Crippen LogP contribution is -2.39. The Hall–Kier alpha value is -1.94. The summed E-state index contributed by atoms with van der Waals surface area (Å²) in [7, 11) is 0. The number of aromatic nitrogens is 2. The molecular weight excluding hydrogens is 374 g/mol. The Morgan fingerprint density at radius 1 is 1.04 bits per heavy atom. The molecule has 1 saturated heterocycles. The summed E-state index contributed by atoms with van der Waals surface area (Å²) in [5, 5.41) is 1.16. The van der Waals surface area contributed by atoms with E-state index in [1.165, 1.54) is 19.3 Å². The molecule has 128 valence electrons. The monoisotopic (exact) mass is 395 g/mol. The summed E-state index contributed by atoms with van der Waals surface area (Å²) in [4.78, 5) is 12.4. The Morgan fingerprint density at radius 2 is 1.84 bits per heavy atom. The second-order valence-corrected chi connectivity index (χ2v) is 7.56. The molecule has 0 amide bonds. The highest BCUT2D eigenvalue weighted by Crippen LogP contribution is 2.32. The lowest BCUT2D eigenvalue weighted by Gasteiger charge is -2.37. The van der Waals surface area contributed by atoms with Crippen LogP contribution in [-0.2, 0) is 0 Å². The summed E-state index contributed by atoms with van der Waals surface area (Å²) in [6.45, 7) is 3.36. The third-order valence-corrected chi connectivity index (χ3v) is 5.58. The number of hydrogen-bond donors (Lipinski definition) is 0. The van der Waals surface area contributed by atoms with E-state index in [2.05, 4.69) is 64.2 Å². The van der Waals surface area contributed by atoms with Crippen LogP contribution in [0.25, 0.3) is 22.3 Å². The molecule has 1 aliphatic heterocycles. The van der Waals surface area contributed by atoms with Gasteiger partial charge >= 0.3 is 0 Å². The van der Waals surface area contributed by atoms with Crippen molar-refractivity contribution >= 4 is 32.7 Å². The van der Waals surface area contributed by atoms with Gasteiger partial charge in [0.05, 0.1) is 5.52 Å². The van der Waals surface area contributed by atoms with Gasteiger partial charge in [-0.1, -0.05) is 47.1 Å². The van der Waals surface area contributed by atoms with Gasteiger partial charge < -0.3 is 4.90 Å². The first-order chi connectivity index (χ1) is 12.3. The van der Waals surface area contributed by atoms with Crippen molar-refractivity contribution in [3.63, 3.8) is 0 Å². The minimum Gasteiger partial charge on any atom is -0.353 e. The third-order valence-electron chi connectivity index (χ3n) is 5.06. The second-order valence-electron chi connectivity index (χ2n) is 6.65. The first kappa shape index (κ1) is 16.5. The summed E-state index contributed by atoms with van der Waals surface area (Å²) in [6.07, 6.45) is 4.97. The Bertz CT molecular complexity index is 876. The highest BCUT2D eigenvalue weighted by Gasteiger charge is 2.24. The summed E-state index contributed by atoms with van der Waals surface area (Å²) in [5.41, 5.74) is 2.08. The Morgan fingerprint density at radius 3 is 2.64 bits per heavy atom. The van der Waals surface area contributed by atoms with Gasteiger partial charge in [-0.15, -0.1) is 0 Å². The topological polar surface area (TPSA) is 29.0 Å². The fourth-order valence-corrected chi connectivity index (χ4v) is 3.98. The third kappa shape index (κ3) is 3.28. The molecule has 1 aromatic heterocycles. The number of halogens is 1. The van der Waals surface area contributed by atoms with Gasteiger partial charge in [0.1, 0.15) is 5.82 Å². The summed E-state index contributed by atoms with van der Waals surface area (Å²) < 4.78 is 1.07. The molecule has 1 atom stereocenters. The lowest BCUT2D eigenvalue weighted by molar-refractivity contribution is 0.448. The van der Waals surface area contributed by atoms with Crippen LogP contribution in [0.4, 0.5) is 5.82 Å². The molecule has 0 saturated carbocycles. The molecule has 25 heavy (non-hydrogen) atoms. The average Bonchev–Trinajstić information content (AvgIpc) is 2.67. The number of benzene rings is 2. The number of anilines is 1. The molecule has 0 spiro atoms. The highest BCUT2D eigenvalue weighted by atomic mass is 79.9. The summed E-state index contributed by atoms with van der Waals surface area (Å²) in [5.74, 6) is 1.90. The van der Waals surface area contributed by atoms with Gasteiger partial charge in [0.15, 0.2) is 5.82 Å². The zero-order chi connectivity index (χ0) is 17.2. The molecule has 4 rings (SSSR count). The van der Waals surface area contributed by atoms with Gasteiger partial charge in [-0.2, -0.15) is 0 Å². The minimum absolute atomic E-state index is 0.574. The van der Waals surface area contributed by atoms with Crippen molar-refractivity contribution in [2.24, 2.45) is 0 Å². The first-order valence-corrected chi connectivity index (χ1v) is 9.85. The van der Waals surface area contributed by atoms with Crippen molar-refractivity contribution in [1.29, 1.82) is 0 Å². The van der Waals surface area contributed by atoms with Crippen LogP contribution in [0, 0.1) is 0 Å². The second kappa shape index (κ2) is 7.12. The summed E-state index contributed by atoms with van der Waals surface area (Å²) >= 11 is 3.50. The zero-order valence-corrected chi connectivity index (χ0v) is 16.0. The van der Waals surface area contributed by atoms with E-state index >= 15 is 0 Å². The molecule has 0 radical (unpaired) electrons. The molecule has 4 heteroatoms. The van der Waals surface area contributed by atoms with Crippen LogP contribution in [0.5, 0.6) is 0 Å². The van der Waals surface area contributed by atoms with E-state index in [9.17, 15) is 0 Å². The van der Waals surface area contributed by atoms with Gasteiger partial charge in [-0.25, -0.2) is 9.97 Å². The quantitative estimate of drug-likeness (QED) is 0.558. The van der Waals surface area contributed by atoms with Crippen molar-refractivity contribution in [1.82, 2.24) is 9.97 Å². The molecule has 3 aromatic rings. The largest absolute Gasteiger partial charge is 0.353 e. The molecule has 0 aliphatic carbocycles. The fraction of sp³-hybridized carbons (Fsp3) is 0.333. The molecule has 2 aromatic carbocycles. The van der Waals surface area contributed by atoms with E-state index in [0.29, 0.717) is 6.04 Å². The molecule has 3 nitrogen and oxygen atoms in total. The van der Waals surface area contributed by atoms with Gasteiger partial charge in [-0.3, -0.25) is 0 Å². The average molecular weight is 396 g/mol. The number of fused-ring (bicyclic) bond motifs is 1. The molecule has 1 unspecified atom stereocenters. The summed E-state index contributed by atoms with van der Waals surface area (Å²) in [6, 6.07) is 17.2. The Labute approximate surface area is 157 Å². The molecule has 1 fully saturated rings. The van der Waals surface area contributed by atoms with E-state index in [1.807, 2.05) is 12.1 Å². The maximum atomic E-state index is 5.02. The van der Waals surface area contributed by atoms with E-state index in [4.69, 9.17) is 9.97 Å². The predicted octanol–water partition coefficient (Wildman–Crippen LogP) is 5.83. The van der Waals surface area contributed by atoms with Crippen molar-refractivity contribution < 1.29 is 0 Å². The first-order valence-electron chi connectivity index (χ1n) is 9.05. The van der Waals surface area contributed by atoms with Gasteiger partial charge in [0.25, 0.3) is 0 Å². The van der Waals surface area contributed by atoms with Crippen LogP contribution in [0.3, 0.4) is 0 Å². The number of nitrogens with zero attached hydrogens (tertiary/aromatic N) is 3. The Balaban J connectivity index is 1.88. The van der Waals surface area contributed by atoms with Crippen LogP contribution >= 0.6 is 15.9 Å². The fourth-order valence-electron chi connectivity index (χ4n) is 3.71. The Kier molecular flexibility index (Phi) is 4.71. The van der Waals surface area contributed by atoms with Gasteiger partial charge in [0, 0.05) is 28.0 Å². The molecule has 2 heterocycles. The van der Waals surface area contributed by atoms with Crippen LogP contribution < -0.4 is 4.90 Å². The number of rotatable bonds is 3. The molecule has 0 bridgehead atoms. The van der Waals surface area contributed by atoms with Crippen LogP contribution in [0.15, 0.2) is 53.0 Å². The number of piperidine rings is 1. The number of hydrogen-bond acceptors (Lipinski definition) is 3. The lowest BCUT2D eigenvalue weighted by atomic mass is 9.99. The SMILES string of the molecule is CCC1CCCCN1c1nc(-c2ccc(Br)cc2)nc2ccccc12. The van der Waals surface area contributed by atoms with Crippen LogP contribution in [-0.4, -0.2) is 22.6 Å². The minimum atomic E-state index is 0.574. The van der Waals surface area contributed by atoms with Gasteiger partial charge in [-0.05, 0) is 49.9 Å². The molecular formula is C21H22BrN3. The molecule has 0 N–H and O–H groups in total. The highest BCUT2D eigenvalue weighted by molar-refractivity contribution is 9.10. The van der Waals surface area contributed by atoms with Crippen molar-refractivity contribution in [2.75, 3.05) is 11.4 Å². The molecule has 1 aliphatic rings. The maximum absolute atomic E-state index is 5.02. The number of para-hydroxylation sites is 1. The van der Waals surface area contributed by atoms with Crippen molar-refractivity contribution in [2.45, 2.75) is 38.6 Å². The van der Waals surface area contributed by atoms with E-state index in [1.54, 1.807) is 0 Å². The van der Waals surface area contributed by atoms with Crippen molar-refractivity contribution in [3.8, 4) is 11.4 Å². The normalized spacial score (nSPS) is 17.8. The van der Waals surface area contributed by atoms with E-state index in [-0.39, 0.29) is 0 Å². The van der Waals surface area contributed by atoms with Crippen molar-refractivity contribution in [3.05, 3.63) is 53.0 Å². The smallest absolute Gasteiger partial charge is 0.162 e. The standard InChI is InChI=1S/C21H22BrN3/c1-2-17-7-5-6-14-25(17)21-18-8-3-4-9-19(18)23-20(24-21)15-10-12-16(22)13-11-15/h3-4,8-13,17H,2,5-7,14H2,1H3.